The van der Waals surface area contributed by atoms with E-state index in [1.165, 1.54) is 22.7 Å². The summed E-state index contributed by atoms with van der Waals surface area (Å²) in [5.41, 5.74) is 1.85. The molecule has 1 atom stereocenters. The van der Waals surface area contributed by atoms with Gasteiger partial charge in [0.25, 0.3) is 5.91 Å². The number of thiophene rings is 1. The highest BCUT2D eigenvalue weighted by Crippen LogP contribution is 2.28. The molecule has 0 bridgehead atoms. The topological polar surface area (TPSA) is 92.4 Å². The quantitative estimate of drug-likeness (QED) is 0.497. The first-order chi connectivity index (χ1) is 14.6. The predicted molar refractivity (Wildman–Crippen MR) is 119 cm³/mol. The number of para-hydroxylation sites is 1. The molecule has 1 aliphatic rings. The van der Waals surface area contributed by atoms with Crippen LogP contribution in [0.2, 0.25) is 4.34 Å². The lowest BCUT2D eigenvalue weighted by Gasteiger charge is -2.10. The zero-order valence-electron chi connectivity index (χ0n) is 15.8. The number of amides is 3. The zero-order chi connectivity index (χ0) is 20.9. The Morgan fingerprint density at radius 1 is 1.20 bits per heavy atom. The summed E-state index contributed by atoms with van der Waals surface area (Å²) in [6, 6.07) is 11.0. The van der Waals surface area contributed by atoms with E-state index < -0.39 is 6.10 Å². The maximum Gasteiger partial charge on any atom is 0.321 e. The molecule has 0 fully saturated rings. The second-order valence-corrected chi connectivity index (χ2v) is 9.27. The smallest absolute Gasteiger partial charge is 0.321 e. The van der Waals surface area contributed by atoms with Gasteiger partial charge in [0.1, 0.15) is 5.75 Å². The lowest BCUT2D eigenvalue weighted by Crippen LogP contribution is -2.38. The molecule has 0 saturated heterocycles. The third-order valence-electron chi connectivity index (χ3n) is 4.44. The van der Waals surface area contributed by atoms with Crippen molar-refractivity contribution < 1.29 is 14.3 Å². The van der Waals surface area contributed by atoms with Gasteiger partial charge in [-0.25, -0.2) is 9.78 Å². The minimum Gasteiger partial charge on any atom is -0.480 e. The first-order valence-corrected chi connectivity index (χ1v) is 11.4. The Hall–Kier alpha value is -2.62. The lowest BCUT2D eigenvalue weighted by atomic mass is 10.1. The molecular weight excluding hydrogens is 444 g/mol. The van der Waals surface area contributed by atoms with E-state index in [1.54, 1.807) is 6.07 Å². The van der Waals surface area contributed by atoms with Gasteiger partial charge in [0.05, 0.1) is 16.6 Å². The van der Waals surface area contributed by atoms with E-state index in [-0.39, 0.29) is 11.9 Å². The van der Waals surface area contributed by atoms with Gasteiger partial charge in [-0.05, 0) is 23.8 Å². The number of thiazole rings is 1. The van der Waals surface area contributed by atoms with Crippen LogP contribution in [0.1, 0.15) is 16.1 Å². The largest absolute Gasteiger partial charge is 0.480 e. The number of fused-ring (bicyclic) bond motifs is 1. The Kier molecular flexibility index (Phi) is 6.51. The highest BCUT2D eigenvalue weighted by molar-refractivity contribution is 7.16. The summed E-state index contributed by atoms with van der Waals surface area (Å²) in [5.74, 6) is 0.640. The van der Waals surface area contributed by atoms with Crippen LogP contribution in [-0.2, 0) is 24.2 Å². The van der Waals surface area contributed by atoms with Crippen molar-refractivity contribution >= 4 is 51.3 Å². The number of nitrogens with one attached hydrogen (secondary N) is 3. The van der Waals surface area contributed by atoms with Crippen molar-refractivity contribution in [3.05, 3.63) is 62.2 Å². The minimum absolute atomic E-state index is 0.132. The Morgan fingerprint density at radius 2 is 2.07 bits per heavy atom. The number of benzene rings is 1. The first kappa shape index (κ1) is 20.6. The predicted octanol–water partition coefficient (Wildman–Crippen LogP) is 3.84. The monoisotopic (exact) mass is 462 g/mol. The molecule has 7 nitrogen and oxygen atoms in total. The molecule has 4 rings (SSSR count). The van der Waals surface area contributed by atoms with E-state index in [4.69, 9.17) is 16.3 Å². The molecule has 3 aromatic rings. The summed E-state index contributed by atoms with van der Waals surface area (Å²) in [6.45, 7) is 0.851. The molecule has 0 spiro atoms. The molecule has 10 heteroatoms. The summed E-state index contributed by atoms with van der Waals surface area (Å²) >= 11 is 8.64. The number of carbonyl (C=O) groups is 2. The van der Waals surface area contributed by atoms with Crippen molar-refractivity contribution in [3.63, 3.8) is 0 Å². The Morgan fingerprint density at radius 3 is 2.87 bits per heavy atom. The van der Waals surface area contributed by atoms with E-state index in [1.807, 2.05) is 35.7 Å². The van der Waals surface area contributed by atoms with Crippen molar-refractivity contribution in [1.82, 2.24) is 15.6 Å². The number of aromatic nitrogens is 1. The Bertz CT molecular complexity index is 1030. The van der Waals surface area contributed by atoms with Crippen molar-refractivity contribution in [2.75, 3.05) is 11.9 Å². The van der Waals surface area contributed by atoms with Crippen LogP contribution in [0.15, 0.2) is 41.8 Å². The van der Waals surface area contributed by atoms with Crippen LogP contribution in [0.5, 0.6) is 5.75 Å². The van der Waals surface area contributed by atoms with E-state index in [0.29, 0.717) is 35.4 Å². The number of ether oxygens (including phenoxy) is 1. The van der Waals surface area contributed by atoms with E-state index in [2.05, 4.69) is 20.9 Å². The molecule has 1 aromatic carbocycles. The third-order valence-corrected chi connectivity index (χ3v) is 6.48. The average Bonchev–Trinajstić information content (AvgIpc) is 3.46. The molecule has 2 aromatic heterocycles. The van der Waals surface area contributed by atoms with Crippen LogP contribution in [0, 0.1) is 0 Å². The van der Waals surface area contributed by atoms with Crippen LogP contribution in [0.3, 0.4) is 0 Å². The SMILES string of the molecule is O=C(NCc1ccc(Cl)s1)Nc1nc(CCNC(=O)C2Cc3ccccc3O2)cs1. The fourth-order valence-electron chi connectivity index (χ4n) is 2.99. The van der Waals surface area contributed by atoms with Crippen LogP contribution < -0.4 is 20.7 Å². The highest BCUT2D eigenvalue weighted by Gasteiger charge is 2.28. The second kappa shape index (κ2) is 9.46. The van der Waals surface area contributed by atoms with Crippen LogP contribution in [0.25, 0.3) is 0 Å². The van der Waals surface area contributed by atoms with Crippen molar-refractivity contribution in [3.8, 4) is 5.75 Å². The van der Waals surface area contributed by atoms with Gasteiger partial charge >= 0.3 is 6.03 Å². The maximum absolute atomic E-state index is 12.3. The summed E-state index contributed by atoms with van der Waals surface area (Å²) < 4.78 is 6.38. The van der Waals surface area contributed by atoms with Crippen LogP contribution in [0.4, 0.5) is 9.93 Å². The fourth-order valence-corrected chi connectivity index (χ4v) is 4.76. The number of nitrogens with zero attached hydrogens (tertiary/aromatic N) is 1. The lowest BCUT2D eigenvalue weighted by molar-refractivity contribution is -0.127. The van der Waals surface area contributed by atoms with Gasteiger partial charge in [-0.15, -0.1) is 22.7 Å². The number of rotatable bonds is 7. The van der Waals surface area contributed by atoms with E-state index in [0.717, 1.165) is 21.9 Å². The van der Waals surface area contributed by atoms with Crippen molar-refractivity contribution in [1.29, 1.82) is 0 Å². The summed E-state index contributed by atoms with van der Waals surface area (Å²) in [4.78, 5) is 29.7. The molecular formula is C20H19ClN4O3S2. The molecule has 0 radical (unpaired) electrons. The van der Waals surface area contributed by atoms with Gasteiger partial charge in [-0.3, -0.25) is 10.1 Å². The fraction of sp³-hybridized carbons (Fsp3) is 0.250. The zero-order valence-corrected chi connectivity index (χ0v) is 18.2. The van der Waals surface area contributed by atoms with Gasteiger partial charge in [0.15, 0.2) is 11.2 Å². The molecule has 30 heavy (non-hydrogen) atoms. The normalized spacial score (nSPS) is 14.6. The summed E-state index contributed by atoms with van der Waals surface area (Å²) in [5, 5.41) is 10.7. The number of anilines is 1. The molecule has 3 N–H and O–H groups in total. The summed E-state index contributed by atoms with van der Waals surface area (Å²) in [6.07, 6.45) is 0.662. The summed E-state index contributed by atoms with van der Waals surface area (Å²) in [7, 11) is 0. The van der Waals surface area contributed by atoms with Gasteiger partial charge < -0.3 is 15.4 Å². The Balaban J connectivity index is 1.17. The van der Waals surface area contributed by atoms with Gasteiger partial charge in [-0.2, -0.15) is 0 Å². The molecule has 3 amide bonds. The van der Waals surface area contributed by atoms with E-state index >= 15 is 0 Å². The van der Waals surface area contributed by atoms with E-state index in [9.17, 15) is 9.59 Å². The second-order valence-electron chi connectivity index (χ2n) is 6.62. The number of hydrogen-bond donors (Lipinski definition) is 3. The molecule has 156 valence electrons. The highest BCUT2D eigenvalue weighted by atomic mass is 35.5. The van der Waals surface area contributed by atoms with Crippen molar-refractivity contribution in [2.45, 2.75) is 25.5 Å². The third kappa shape index (κ3) is 5.29. The molecule has 0 aliphatic carbocycles. The number of carbonyl (C=O) groups excluding carboxylic acids is 2. The maximum atomic E-state index is 12.3. The molecule has 1 aliphatic heterocycles. The van der Waals surface area contributed by atoms with Gasteiger partial charge in [0.2, 0.25) is 0 Å². The van der Waals surface area contributed by atoms with Crippen LogP contribution in [-0.4, -0.2) is 29.6 Å². The molecule has 1 unspecified atom stereocenters. The first-order valence-electron chi connectivity index (χ1n) is 9.32. The number of urea groups is 1. The molecule has 3 heterocycles. The number of hydrogen-bond acceptors (Lipinski definition) is 6. The van der Waals surface area contributed by atoms with Crippen molar-refractivity contribution in [2.24, 2.45) is 0 Å². The van der Waals surface area contributed by atoms with Crippen LogP contribution >= 0.6 is 34.3 Å². The average molecular weight is 463 g/mol. The standard InChI is InChI=1S/C20H19ClN4O3S2/c21-17-6-5-14(30-17)10-23-19(27)25-20-24-13(11-29-20)7-8-22-18(26)16-9-12-3-1-2-4-15(12)28-16/h1-6,11,16H,7-10H2,(H,22,26)(H2,23,24,25,27). The van der Waals surface area contributed by atoms with Gasteiger partial charge in [0, 0.05) is 29.6 Å². The Labute approximate surface area is 186 Å². The van der Waals surface area contributed by atoms with Gasteiger partial charge in [-0.1, -0.05) is 29.8 Å². The molecule has 0 saturated carbocycles. The number of halogens is 1. The minimum atomic E-state index is -0.489.